The standard InChI is InChI=1S/C11H12N2O3/c1-2-16-11(15)13-9-4-3-8(12)5-7(9)6-10(13)14/h3-6,14H,2,12H2,1H3. The zero-order valence-electron chi connectivity index (χ0n) is 8.80. The lowest BCUT2D eigenvalue weighted by Crippen LogP contribution is -2.12. The monoisotopic (exact) mass is 220 g/mol. The van der Waals surface area contributed by atoms with Crippen molar-refractivity contribution in [3.05, 3.63) is 24.3 Å². The van der Waals surface area contributed by atoms with E-state index in [2.05, 4.69) is 0 Å². The molecular formula is C11H12N2O3. The molecule has 84 valence electrons. The van der Waals surface area contributed by atoms with Crippen molar-refractivity contribution in [2.75, 3.05) is 12.3 Å². The molecule has 0 bridgehead atoms. The van der Waals surface area contributed by atoms with Gasteiger partial charge < -0.3 is 15.6 Å². The molecule has 0 unspecified atom stereocenters. The quantitative estimate of drug-likeness (QED) is 0.720. The molecule has 5 heteroatoms. The number of nitrogens with zero attached hydrogens (tertiary/aromatic N) is 1. The summed E-state index contributed by atoms with van der Waals surface area (Å²) in [5.41, 5.74) is 6.76. The molecule has 3 N–H and O–H groups in total. The van der Waals surface area contributed by atoms with Crippen LogP contribution in [0.15, 0.2) is 24.3 Å². The molecule has 2 rings (SSSR count). The van der Waals surface area contributed by atoms with E-state index in [1.165, 1.54) is 6.07 Å². The Morgan fingerprint density at radius 1 is 1.50 bits per heavy atom. The highest BCUT2D eigenvalue weighted by Gasteiger charge is 2.15. The fourth-order valence-electron chi connectivity index (χ4n) is 1.60. The Kier molecular flexibility index (Phi) is 2.44. The second-order valence-corrected chi connectivity index (χ2v) is 3.36. The maximum absolute atomic E-state index is 11.6. The zero-order chi connectivity index (χ0) is 11.7. The van der Waals surface area contributed by atoms with E-state index in [1.807, 2.05) is 0 Å². The van der Waals surface area contributed by atoms with Crippen LogP contribution in [0.25, 0.3) is 10.9 Å². The number of aromatic hydroxyl groups is 1. The fourth-order valence-corrected chi connectivity index (χ4v) is 1.60. The summed E-state index contributed by atoms with van der Waals surface area (Å²) in [7, 11) is 0. The average molecular weight is 220 g/mol. The van der Waals surface area contributed by atoms with E-state index in [1.54, 1.807) is 25.1 Å². The Hall–Kier alpha value is -2.17. The molecule has 0 saturated carbocycles. The first-order valence-corrected chi connectivity index (χ1v) is 4.90. The van der Waals surface area contributed by atoms with Crippen molar-refractivity contribution in [2.45, 2.75) is 6.92 Å². The molecule has 1 aromatic heterocycles. The second kappa shape index (κ2) is 3.77. The highest BCUT2D eigenvalue weighted by atomic mass is 16.5. The third-order valence-corrected chi connectivity index (χ3v) is 2.26. The summed E-state index contributed by atoms with van der Waals surface area (Å²) in [5, 5.41) is 10.3. The number of benzene rings is 1. The van der Waals surface area contributed by atoms with Gasteiger partial charge in [-0.25, -0.2) is 9.36 Å². The van der Waals surface area contributed by atoms with E-state index in [9.17, 15) is 9.90 Å². The summed E-state index contributed by atoms with van der Waals surface area (Å²) in [6, 6.07) is 6.49. The summed E-state index contributed by atoms with van der Waals surface area (Å²) < 4.78 is 5.95. The molecule has 0 amide bonds. The van der Waals surface area contributed by atoms with E-state index < -0.39 is 6.09 Å². The number of rotatable bonds is 1. The van der Waals surface area contributed by atoms with Gasteiger partial charge in [-0.2, -0.15) is 0 Å². The summed E-state index contributed by atoms with van der Waals surface area (Å²) in [4.78, 5) is 11.6. The van der Waals surface area contributed by atoms with Crippen molar-refractivity contribution >= 4 is 22.7 Å². The van der Waals surface area contributed by atoms with Crippen LogP contribution in [-0.2, 0) is 4.74 Å². The summed E-state index contributed by atoms with van der Waals surface area (Å²) in [6.45, 7) is 1.96. The van der Waals surface area contributed by atoms with Crippen LogP contribution in [0.3, 0.4) is 0 Å². The SMILES string of the molecule is CCOC(=O)n1c(O)cc2cc(N)ccc21. The van der Waals surface area contributed by atoms with Gasteiger partial charge in [0.05, 0.1) is 12.1 Å². The van der Waals surface area contributed by atoms with Crippen molar-refractivity contribution in [1.29, 1.82) is 0 Å². The Morgan fingerprint density at radius 3 is 2.94 bits per heavy atom. The van der Waals surface area contributed by atoms with Gasteiger partial charge in [0.1, 0.15) is 0 Å². The fraction of sp³-hybridized carbons (Fsp3) is 0.182. The number of hydrogen-bond donors (Lipinski definition) is 2. The van der Waals surface area contributed by atoms with Gasteiger partial charge in [0.25, 0.3) is 0 Å². The predicted octanol–water partition coefficient (Wildman–Crippen LogP) is 1.93. The Labute approximate surface area is 92.0 Å². The first-order chi connectivity index (χ1) is 7.63. The van der Waals surface area contributed by atoms with E-state index in [0.29, 0.717) is 16.6 Å². The highest BCUT2D eigenvalue weighted by Crippen LogP contribution is 2.26. The molecule has 0 saturated heterocycles. The van der Waals surface area contributed by atoms with Crippen LogP contribution in [0.4, 0.5) is 10.5 Å². The van der Waals surface area contributed by atoms with E-state index >= 15 is 0 Å². The number of carbonyl (C=O) groups is 1. The number of nitrogen functional groups attached to an aromatic ring is 1. The molecule has 0 radical (unpaired) electrons. The summed E-state index contributed by atoms with van der Waals surface area (Å²) >= 11 is 0. The zero-order valence-corrected chi connectivity index (χ0v) is 8.80. The van der Waals surface area contributed by atoms with Gasteiger partial charge >= 0.3 is 6.09 Å². The minimum atomic E-state index is -0.597. The number of fused-ring (bicyclic) bond motifs is 1. The van der Waals surface area contributed by atoms with E-state index in [0.717, 1.165) is 4.57 Å². The van der Waals surface area contributed by atoms with Gasteiger partial charge in [0.2, 0.25) is 5.88 Å². The van der Waals surface area contributed by atoms with Crippen LogP contribution in [0.2, 0.25) is 0 Å². The maximum Gasteiger partial charge on any atom is 0.421 e. The lowest BCUT2D eigenvalue weighted by Gasteiger charge is -2.05. The van der Waals surface area contributed by atoms with Crippen LogP contribution in [0.5, 0.6) is 5.88 Å². The number of carbonyl (C=O) groups excluding carboxylic acids is 1. The molecule has 0 spiro atoms. The van der Waals surface area contributed by atoms with Crippen molar-refractivity contribution in [1.82, 2.24) is 4.57 Å². The smallest absolute Gasteiger partial charge is 0.421 e. The van der Waals surface area contributed by atoms with Gasteiger partial charge in [0, 0.05) is 17.1 Å². The van der Waals surface area contributed by atoms with Crippen molar-refractivity contribution < 1.29 is 14.6 Å². The second-order valence-electron chi connectivity index (χ2n) is 3.36. The molecule has 5 nitrogen and oxygen atoms in total. The molecule has 0 aliphatic heterocycles. The summed E-state index contributed by atoms with van der Waals surface area (Å²) in [6.07, 6.45) is -0.597. The molecule has 16 heavy (non-hydrogen) atoms. The van der Waals surface area contributed by atoms with Crippen molar-refractivity contribution in [3.8, 4) is 5.88 Å². The number of hydrogen-bond acceptors (Lipinski definition) is 4. The topological polar surface area (TPSA) is 77.5 Å². The van der Waals surface area contributed by atoms with Crippen LogP contribution in [-0.4, -0.2) is 22.4 Å². The molecule has 2 aromatic rings. The van der Waals surface area contributed by atoms with Crippen LogP contribution >= 0.6 is 0 Å². The first-order valence-electron chi connectivity index (χ1n) is 4.90. The van der Waals surface area contributed by atoms with Crippen molar-refractivity contribution in [3.63, 3.8) is 0 Å². The van der Waals surface area contributed by atoms with Gasteiger partial charge in [-0.3, -0.25) is 0 Å². The number of aromatic nitrogens is 1. The molecular weight excluding hydrogens is 208 g/mol. The molecule has 1 heterocycles. The Bertz CT molecular complexity index is 545. The Morgan fingerprint density at radius 2 is 2.25 bits per heavy atom. The number of anilines is 1. The predicted molar refractivity (Wildman–Crippen MR) is 60.4 cm³/mol. The Balaban J connectivity index is 2.60. The van der Waals surface area contributed by atoms with Gasteiger partial charge in [-0.05, 0) is 25.1 Å². The minimum Gasteiger partial charge on any atom is -0.494 e. The van der Waals surface area contributed by atoms with E-state index in [-0.39, 0.29) is 12.5 Å². The summed E-state index contributed by atoms with van der Waals surface area (Å²) in [5.74, 6) is -0.154. The minimum absolute atomic E-state index is 0.154. The van der Waals surface area contributed by atoms with Gasteiger partial charge in [0.15, 0.2) is 0 Å². The third-order valence-electron chi connectivity index (χ3n) is 2.26. The normalized spacial score (nSPS) is 10.6. The molecule has 0 aliphatic rings. The average Bonchev–Trinajstić information content (AvgIpc) is 2.53. The lowest BCUT2D eigenvalue weighted by molar-refractivity contribution is 0.152. The number of ether oxygens (including phenoxy) is 1. The van der Waals surface area contributed by atoms with Crippen LogP contribution in [0, 0.1) is 0 Å². The molecule has 0 aliphatic carbocycles. The van der Waals surface area contributed by atoms with Crippen LogP contribution in [0.1, 0.15) is 6.92 Å². The van der Waals surface area contributed by atoms with Gasteiger partial charge in [-0.15, -0.1) is 0 Å². The number of nitrogens with two attached hydrogens (primary N) is 1. The lowest BCUT2D eigenvalue weighted by atomic mass is 10.2. The van der Waals surface area contributed by atoms with Crippen molar-refractivity contribution in [2.24, 2.45) is 0 Å². The third kappa shape index (κ3) is 1.56. The highest BCUT2D eigenvalue weighted by molar-refractivity contribution is 5.93. The van der Waals surface area contributed by atoms with Gasteiger partial charge in [-0.1, -0.05) is 0 Å². The van der Waals surface area contributed by atoms with Crippen LogP contribution < -0.4 is 5.73 Å². The largest absolute Gasteiger partial charge is 0.494 e. The first kappa shape index (κ1) is 10.4. The molecule has 1 aromatic carbocycles. The molecule has 0 fully saturated rings. The maximum atomic E-state index is 11.6. The van der Waals surface area contributed by atoms with E-state index in [4.69, 9.17) is 10.5 Å². The molecule has 0 atom stereocenters.